The van der Waals surface area contributed by atoms with Crippen molar-refractivity contribution in [3.05, 3.63) is 106 Å². The summed E-state index contributed by atoms with van der Waals surface area (Å²) in [7, 11) is 0. The van der Waals surface area contributed by atoms with Crippen molar-refractivity contribution < 1.29 is 24.1 Å². The Kier molecular flexibility index (Phi) is 9.28. The molecule has 0 radical (unpaired) electrons. The zero-order valence-corrected chi connectivity index (χ0v) is 24.3. The van der Waals surface area contributed by atoms with Gasteiger partial charge in [-0.1, -0.05) is 36.4 Å². The summed E-state index contributed by atoms with van der Waals surface area (Å²) in [6.45, 7) is 8.49. The van der Waals surface area contributed by atoms with Gasteiger partial charge < -0.3 is 29.4 Å². The fourth-order valence-electron chi connectivity index (χ4n) is 4.95. The van der Waals surface area contributed by atoms with Crippen LogP contribution in [0.5, 0.6) is 23.0 Å². The first-order valence-corrected chi connectivity index (χ1v) is 14.2. The highest BCUT2D eigenvalue weighted by molar-refractivity contribution is 5.71. The standard InChI is InChI=1S/C35H36N2O5/c1-23-14-30(17-34(32(23)19-37-24(2)20-38)42-21-27-7-4-6-26(15-27)18-36)41-22-29-8-5-9-31(25(29)3)28-10-11-33-35(16-28)40-13-12-39-33/h4-11,14-17,24,37-38H,12-13,19-22H2,1-3H3/t24-/m0/s1. The Morgan fingerprint density at radius 1 is 0.929 bits per heavy atom. The maximum Gasteiger partial charge on any atom is 0.161 e. The van der Waals surface area contributed by atoms with Crippen molar-refractivity contribution in [3.63, 3.8) is 0 Å². The first-order valence-electron chi connectivity index (χ1n) is 14.2. The average molecular weight is 565 g/mol. The summed E-state index contributed by atoms with van der Waals surface area (Å²) in [5.41, 5.74) is 7.93. The molecule has 1 heterocycles. The molecule has 0 unspecified atom stereocenters. The van der Waals surface area contributed by atoms with E-state index < -0.39 is 0 Å². The molecular formula is C35H36N2O5. The van der Waals surface area contributed by atoms with Gasteiger partial charge in [0.1, 0.15) is 37.9 Å². The van der Waals surface area contributed by atoms with Gasteiger partial charge >= 0.3 is 0 Å². The van der Waals surface area contributed by atoms with Crippen LogP contribution in [0.15, 0.2) is 72.8 Å². The van der Waals surface area contributed by atoms with Gasteiger partial charge in [-0.3, -0.25) is 0 Å². The van der Waals surface area contributed by atoms with Gasteiger partial charge in [0.25, 0.3) is 0 Å². The molecule has 1 aliphatic heterocycles. The molecule has 0 amide bonds. The molecule has 0 saturated heterocycles. The van der Waals surface area contributed by atoms with Crippen molar-refractivity contribution in [2.75, 3.05) is 19.8 Å². The van der Waals surface area contributed by atoms with Crippen LogP contribution in [0.3, 0.4) is 0 Å². The molecule has 7 nitrogen and oxygen atoms in total. The highest BCUT2D eigenvalue weighted by Crippen LogP contribution is 2.36. The Bertz CT molecular complexity index is 1590. The second kappa shape index (κ2) is 13.4. The molecule has 0 fully saturated rings. The summed E-state index contributed by atoms with van der Waals surface area (Å²) >= 11 is 0. The predicted molar refractivity (Wildman–Crippen MR) is 162 cm³/mol. The highest BCUT2D eigenvalue weighted by Gasteiger charge is 2.16. The Labute approximate surface area is 247 Å². The average Bonchev–Trinajstić information content (AvgIpc) is 3.02. The van der Waals surface area contributed by atoms with E-state index in [1.807, 2.05) is 62.4 Å². The van der Waals surface area contributed by atoms with Gasteiger partial charge in [0.05, 0.1) is 18.2 Å². The molecule has 216 valence electrons. The summed E-state index contributed by atoms with van der Waals surface area (Å²) in [5, 5.41) is 22.1. The lowest BCUT2D eigenvalue weighted by molar-refractivity contribution is 0.171. The molecule has 42 heavy (non-hydrogen) atoms. The quantitative estimate of drug-likeness (QED) is 0.223. The number of benzene rings is 4. The molecular weight excluding hydrogens is 528 g/mol. The Morgan fingerprint density at radius 3 is 2.55 bits per heavy atom. The van der Waals surface area contributed by atoms with Crippen LogP contribution in [0.1, 0.15) is 40.3 Å². The molecule has 2 N–H and O–H groups in total. The van der Waals surface area contributed by atoms with Gasteiger partial charge in [0.2, 0.25) is 0 Å². The maximum atomic E-state index is 9.49. The number of fused-ring (bicyclic) bond motifs is 1. The summed E-state index contributed by atoms with van der Waals surface area (Å²) in [6, 6.07) is 25.8. The Balaban J connectivity index is 1.36. The zero-order valence-electron chi connectivity index (χ0n) is 24.3. The van der Waals surface area contributed by atoms with Crippen LogP contribution in [0.4, 0.5) is 0 Å². The van der Waals surface area contributed by atoms with E-state index >= 15 is 0 Å². The van der Waals surface area contributed by atoms with E-state index in [4.69, 9.17) is 18.9 Å². The molecule has 1 aliphatic rings. The van der Waals surface area contributed by atoms with Crippen LogP contribution in [0, 0.1) is 25.2 Å². The summed E-state index contributed by atoms with van der Waals surface area (Å²) in [5.74, 6) is 2.95. The molecule has 4 aromatic carbocycles. The number of aryl methyl sites for hydroxylation is 1. The highest BCUT2D eigenvalue weighted by atomic mass is 16.6. The van der Waals surface area contributed by atoms with Gasteiger partial charge in [-0.25, -0.2) is 0 Å². The number of rotatable bonds is 11. The maximum absolute atomic E-state index is 9.49. The normalized spacial score (nSPS) is 12.8. The number of nitrogens with zero attached hydrogens (tertiary/aromatic N) is 1. The molecule has 0 spiro atoms. The number of hydrogen-bond acceptors (Lipinski definition) is 7. The Morgan fingerprint density at radius 2 is 1.74 bits per heavy atom. The van der Waals surface area contributed by atoms with E-state index in [0.717, 1.165) is 50.4 Å². The third-order valence-corrected chi connectivity index (χ3v) is 7.45. The van der Waals surface area contributed by atoms with Crippen LogP contribution in [0.2, 0.25) is 0 Å². The number of hydrogen-bond donors (Lipinski definition) is 2. The minimum absolute atomic E-state index is 0.0437. The number of nitriles is 1. The lowest BCUT2D eigenvalue weighted by atomic mass is 9.96. The SMILES string of the molecule is Cc1cc(OCc2cccc(-c3ccc4c(c3)OCCO4)c2C)cc(OCc2cccc(C#N)c2)c1CN[C@@H](C)CO. The van der Waals surface area contributed by atoms with Gasteiger partial charge in [-0.05, 0) is 84.5 Å². The van der Waals surface area contributed by atoms with E-state index in [9.17, 15) is 10.4 Å². The molecule has 7 heteroatoms. The molecule has 0 aromatic heterocycles. The zero-order chi connectivity index (χ0) is 29.5. The van der Waals surface area contributed by atoms with Crippen LogP contribution < -0.4 is 24.3 Å². The third kappa shape index (κ3) is 6.85. The van der Waals surface area contributed by atoms with Crippen LogP contribution in [-0.4, -0.2) is 31.0 Å². The van der Waals surface area contributed by atoms with Crippen molar-refractivity contribution in [3.8, 4) is 40.2 Å². The second-order valence-electron chi connectivity index (χ2n) is 10.5. The number of aliphatic hydroxyl groups is 1. The van der Waals surface area contributed by atoms with E-state index in [1.54, 1.807) is 6.07 Å². The van der Waals surface area contributed by atoms with E-state index in [0.29, 0.717) is 50.0 Å². The Hall–Kier alpha value is -4.51. The summed E-state index contributed by atoms with van der Waals surface area (Å²) in [4.78, 5) is 0. The van der Waals surface area contributed by atoms with Crippen molar-refractivity contribution >= 4 is 0 Å². The molecule has 1 atom stereocenters. The smallest absolute Gasteiger partial charge is 0.161 e. The fourth-order valence-corrected chi connectivity index (χ4v) is 4.95. The van der Waals surface area contributed by atoms with Crippen molar-refractivity contribution in [1.29, 1.82) is 5.26 Å². The monoisotopic (exact) mass is 564 g/mol. The van der Waals surface area contributed by atoms with Gasteiger partial charge in [0.15, 0.2) is 11.5 Å². The first kappa shape index (κ1) is 29.0. The second-order valence-corrected chi connectivity index (χ2v) is 10.5. The number of ether oxygens (including phenoxy) is 4. The van der Waals surface area contributed by atoms with E-state index in [-0.39, 0.29) is 12.6 Å². The fraction of sp³-hybridized carbons (Fsp3) is 0.286. The number of aliphatic hydroxyl groups excluding tert-OH is 1. The lowest BCUT2D eigenvalue weighted by Crippen LogP contribution is -2.29. The van der Waals surface area contributed by atoms with Crippen LogP contribution in [0.25, 0.3) is 11.1 Å². The largest absolute Gasteiger partial charge is 0.489 e. The van der Waals surface area contributed by atoms with Crippen LogP contribution in [-0.2, 0) is 19.8 Å². The molecule has 5 rings (SSSR count). The van der Waals surface area contributed by atoms with E-state index in [1.165, 1.54) is 0 Å². The third-order valence-electron chi connectivity index (χ3n) is 7.45. The minimum atomic E-state index is -0.0510. The van der Waals surface area contributed by atoms with Crippen molar-refractivity contribution in [2.45, 2.75) is 46.6 Å². The van der Waals surface area contributed by atoms with Gasteiger partial charge in [-0.2, -0.15) is 5.26 Å². The molecule has 0 aliphatic carbocycles. The molecule has 0 bridgehead atoms. The number of nitrogens with one attached hydrogen (secondary N) is 1. The predicted octanol–water partition coefficient (Wildman–Crippen LogP) is 6.24. The van der Waals surface area contributed by atoms with Gasteiger partial charge in [-0.15, -0.1) is 0 Å². The minimum Gasteiger partial charge on any atom is -0.489 e. The molecule has 0 saturated carbocycles. The van der Waals surface area contributed by atoms with Crippen molar-refractivity contribution in [1.82, 2.24) is 5.32 Å². The summed E-state index contributed by atoms with van der Waals surface area (Å²) < 4.78 is 24.1. The van der Waals surface area contributed by atoms with E-state index in [2.05, 4.69) is 36.5 Å². The summed E-state index contributed by atoms with van der Waals surface area (Å²) in [6.07, 6.45) is 0. The van der Waals surface area contributed by atoms with Crippen molar-refractivity contribution in [2.24, 2.45) is 0 Å². The van der Waals surface area contributed by atoms with Crippen LogP contribution >= 0.6 is 0 Å². The first-order chi connectivity index (χ1) is 20.4. The lowest BCUT2D eigenvalue weighted by Gasteiger charge is -2.20. The molecule has 4 aromatic rings. The van der Waals surface area contributed by atoms with Gasteiger partial charge in [0, 0.05) is 24.2 Å². The topological polar surface area (TPSA) is 93.0 Å².